The zero-order valence-corrected chi connectivity index (χ0v) is 18.6. The Balaban J connectivity index is 1.38. The largest absolute Gasteiger partial charge is 0.453 e. The fourth-order valence-electron chi connectivity index (χ4n) is 3.19. The standard InChI is InChI=1S/C21H30N6O4/c1-15(18(29)26-11-13-27(14-12-26)20-22-9-6-10-23-20)30-17(28)8-5-7-16-24-19(25-31-16)21(2,3)4/h6,9-10,15H,5,7-8,11-14H2,1-4H3. The van der Waals surface area contributed by atoms with E-state index in [0.29, 0.717) is 56.7 Å². The summed E-state index contributed by atoms with van der Waals surface area (Å²) in [6.45, 7) is 9.97. The molecule has 31 heavy (non-hydrogen) atoms. The number of anilines is 1. The zero-order valence-electron chi connectivity index (χ0n) is 18.6. The highest BCUT2D eigenvalue weighted by molar-refractivity contribution is 5.83. The number of hydrogen-bond donors (Lipinski definition) is 0. The number of hydrogen-bond acceptors (Lipinski definition) is 9. The molecule has 0 saturated carbocycles. The van der Waals surface area contributed by atoms with Crippen LogP contribution in [0.2, 0.25) is 0 Å². The topological polar surface area (TPSA) is 115 Å². The summed E-state index contributed by atoms with van der Waals surface area (Å²) in [5.74, 6) is 1.21. The smallest absolute Gasteiger partial charge is 0.306 e. The lowest BCUT2D eigenvalue weighted by Gasteiger charge is -2.35. The number of rotatable bonds is 7. The number of esters is 1. The number of aromatic nitrogens is 4. The number of piperazine rings is 1. The van der Waals surface area contributed by atoms with Gasteiger partial charge in [0.1, 0.15) is 0 Å². The van der Waals surface area contributed by atoms with E-state index in [1.807, 2.05) is 25.7 Å². The second kappa shape index (κ2) is 9.84. The van der Waals surface area contributed by atoms with Crippen LogP contribution >= 0.6 is 0 Å². The molecule has 3 rings (SSSR count). The average Bonchev–Trinajstić information content (AvgIpc) is 3.23. The van der Waals surface area contributed by atoms with Gasteiger partial charge in [-0.15, -0.1) is 0 Å². The summed E-state index contributed by atoms with van der Waals surface area (Å²) >= 11 is 0. The SMILES string of the molecule is CC(OC(=O)CCCc1nc(C(C)(C)C)no1)C(=O)N1CCN(c2ncccn2)CC1. The highest BCUT2D eigenvalue weighted by atomic mass is 16.5. The Labute approximate surface area is 182 Å². The van der Waals surface area contributed by atoms with Gasteiger partial charge in [0.15, 0.2) is 11.9 Å². The minimum absolute atomic E-state index is 0.184. The van der Waals surface area contributed by atoms with Crippen molar-refractivity contribution in [3.05, 3.63) is 30.2 Å². The van der Waals surface area contributed by atoms with Gasteiger partial charge in [0, 0.05) is 56.8 Å². The van der Waals surface area contributed by atoms with Crippen LogP contribution in [0.4, 0.5) is 5.95 Å². The van der Waals surface area contributed by atoms with Crippen LogP contribution in [0.5, 0.6) is 0 Å². The van der Waals surface area contributed by atoms with Crippen LogP contribution in [0.25, 0.3) is 0 Å². The fraction of sp³-hybridized carbons (Fsp3) is 0.619. The summed E-state index contributed by atoms with van der Waals surface area (Å²) in [6, 6.07) is 1.77. The van der Waals surface area contributed by atoms with Crippen molar-refractivity contribution < 1.29 is 18.8 Å². The van der Waals surface area contributed by atoms with E-state index in [1.165, 1.54) is 0 Å². The van der Waals surface area contributed by atoms with Gasteiger partial charge in [-0.3, -0.25) is 9.59 Å². The molecule has 1 aliphatic heterocycles. The molecule has 2 aromatic heterocycles. The molecule has 168 valence electrons. The minimum atomic E-state index is -0.817. The molecular weight excluding hydrogens is 400 g/mol. The molecule has 10 heteroatoms. The maximum absolute atomic E-state index is 12.6. The van der Waals surface area contributed by atoms with Crippen LogP contribution in [0.1, 0.15) is 52.3 Å². The van der Waals surface area contributed by atoms with E-state index in [9.17, 15) is 9.59 Å². The van der Waals surface area contributed by atoms with Crippen molar-refractivity contribution in [2.45, 2.75) is 58.5 Å². The van der Waals surface area contributed by atoms with Crippen LogP contribution in [0.3, 0.4) is 0 Å². The van der Waals surface area contributed by atoms with Crippen molar-refractivity contribution in [1.82, 2.24) is 25.0 Å². The number of ether oxygens (including phenoxy) is 1. The molecule has 1 amide bonds. The third-order valence-electron chi connectivity index (χ3n) is 4.99. The fourth-order valence-corrected chi connectivity index (χ4v) is 3.19. The number of carbonyl (C=O) groups excluding carboxylic acids is 2. The molecule has 0 aromatic carbocycles. The van der Waals surface area contributed by atoms with Gasteiger partial charge in [0.05, 0.1) is 0 Å². The van der Waals surface area contributed by atoms with Crippen LogP contribution in [-0.2, 0) is 26.2 Å². The summed E-state index contributed by atoms with van der Waals surface area (Å²) in [5, 5.41) is 3.97. The number of nitrogens with zero attached hydrogens (tertiary/aromatic N) is 6. The molecule has 2 aromatic rings. The van der Waals surface area contributed by atoms with Crippen LogP contribution in [-0.4, -0.2) is 69.2 Å². The summed E-state index contributed by atoms with van der Waals surface area (Å²) < 4.78 is 10.6. The molecule has 1 unspecified atom stereocenters. The Morgan fingerprint density at radius 1 is 1.16 bits per heavy atom. The van der Waals surface area contributed by atoms with E-state index in [-0.39, 0.29) is 17.7 Å². The van der Waals surface area contributed by atoms with Crippen molar-refractivity contribution in [2.75, 3.05) is 31.1 Å². The second-order valence-electron chi connectivity index (χ2n) is 8.61. The van der Waals surface area contributed by atoms with Gasteiger partial charge in [0.2, 0.25) is 11.8 Å². The van der Waals surface area contributed by atoms with E-state index in [2.05, 4.69) is 20.1 Å². The molecule has 1 fully saturated rings. The van der Waals surface area contributed by atoms with Crippen molar-refractivity contribution in [1.29, 1.82) is 0 Å². The van der Waals surface area contributed by atoms with E-state index in [4.69, 9.17) is 9.26 Å². The molecule has 0 aliphatic carbocycles. The molecule has 0 spiro atoms. The first-order valence-corrected chi connectivity index (χ1v) is 10.6. The zero-order chi connectivity index (χ0) is 22.4. The molecule has 3 heterocycles. The lowest BCUT2D eigenvalue weighted by Crippen LogP contribution is -2.52. The normalized spacial score (nSPS) is 15.6. The number of carbonyl (C=O) groups is 2. The molecule has 0 bridgehead atoms. The average molecular weight is 431 g/mol. The van der Waals surface area contributed by atoms with Gasteiger partial charge in [-0.05, 0) is 19.4 Å². The van der Waals surface area contributed by atoms with Gasteiger partial charge in [-0.1, -0.05) is 25.9 Å². The van der Waals surface area contributed by atoms with Crippen molar-refractivity contribution in [3.63, 3.8) is 0 Å². The van der Waals surface area contributed by atoms with E-state index in [0.717, 1.165) is 0 Å². The van der Waals surface area contributed by atoms with Crippen molar-refractivity contribution >= 4 is 17.8 Å². The Bertz CT molecular complexity index is 871. The first kappa shape index (κ1) is 22.6. The summed E-state index contributed by atoms with van der Waals surface area (Å²) in [4.78, 5) is 41.4. The Hall–Kier alpha value is -3.04. The van der Waals surface area contributed by atoms with Crippen molar-refractivity contribution in [3.8, 4) is 0 Å². The van der Waals surface area contributed by atoms with E-state index in [1.54, 1.807) is 30.3 Å². The molecule has 10 nitrogen and oxygen atoms in total. The Morgan fingerprint density at radius 2 is 1.84 bits per heavy atom. The van der Waals surface area contributed by atoms with Gasteiger partial charge >= 0.3 is 5.97 Å². The summed E-state index contributed by atoms with van der Waals surface area (Å²) in [6.07, 6.45) is 3.77. The number of amides is 1. The van der Waals surface area contributed by atoms with Gasteiger partial charge < -0.3 is 19.1 Å². The summed E-state index contributed by atoms with van der Waals surface area (Å²) in [5.41, 5.74) is -0.184. The van der Waals surface area contributed by atoms with Crippen molar-refractivity contribution in [2.24, 2.45) is 0 Å². The molecule has 0 N–H and O–H groups in total. The highest BCUT2D eigenvalue weighted by Gasteiger charge is 2.28. The predicted octanol–water partition coefficient (Wildman–Crippen LogP) is 1.76. The molecule has 1 atom stereocenters. The van der Waals surface area contributed by atoms with Gasteiger partial charge in [0.25, 0.3) is 5.91 Å². The molecule has 1 saturated heterocycles. The minimum Gasteiger partial charge on any atom is -0.453 e. The number of aryl methyl sites for hydroxylation is 1. The highest BCUT2D eigenvalue weighted by Crippen LogP contribution is 2.19. The molecule has 1 aliphatic rings. The van der Waals surface area contributed by atoms with Crippen LogP contribution < -0.4 is 4.90 Å². The second-order valence-corrected chi connectivity index (χ2v) is 8.61. The lowest BCUT2D eigenvalue weighted by molar-refractivity contribution is -0.159. The quantitative estimate of drug-likeness (QED) is 0.606. The van der Waals surface area contributed by atoms with Gasteiger partial charge in [-0.2, -0.15) is 4.98 Å². The van der Waals surface area contributed by atoms with Crippen LogP contribution in [0.15, 0.2) is 23.0 Å². The predicted molar refractivity (Wildman–Crippen MR) is 112 cm³/mol. The maximum Gasteiger partial charge on any atom is 0.306 e. The van der Waals surface area contributed by atoms with E-state index < -0.39 is 12.1 Å². The molecular formula is C21H30N6O4. The first-order valence-electron chi connectivity index (χ1n) is 10.6. The lowest BCUT2D eigenvalue weighted by atomic mass is 9.96. The summed E-state index contributed by atoms with van der Waals surface area (Å²) in [7, 11) is 0. The monoisotopic (exact) mass is 430 g/mol. The third kappa shape index (κ3) is 6.22. The third-order valence-corrected chi connectivity index (χ3v) is 4.99. The van der Waals surface area contributed by atoms with E-state index >= 15 is 0 Å². The first-order chi connectivity index (χ1) is 14.7. The maximum atomic E-state index is 12.6. The molecule has 0 radical (unpaired) electrons. The Kier molecular flexibility index (Phi) is 7.19. The van der Waals surface area contributed by atoms with Gasteiger partial charge in [-0.25, -0.2) is 9.97 Å². The van der Waals surface area contributed by atoms with Crippen LogP contribution in [0, 0.1) is 0 Å². The Morgan fingerprint density at radius 3 is 2.45 bits per heavy atom.